The van der Waals surface area contributed by atoms with Crippen molar-refractivity contribution in [1.82, 2.24) is 20.4 Å². The number of carbonyl (C=O) groups is 1. The maximum atomic E-state index is 11.9. The van der Waals surface area contributed by atoms with Gasteiger partial charge in [-0.3, -0.25) is 9.69 Å². The SMILES string of the molecule is CC(C)C1CCC(NC(=NCC(=O)N(C)C)NCCCN2CCOCC2)CC1.I. The van der Waals surface area contributed by atoms with Crippen LogP contribution in [0.1, 0.15) is 46.0 Å². The molecule has 1 aliphatic heterocycles. The number of halogens is 1. The van der Waals surface area contributed by atoms with E-state index in [0.29, 0.717) is 6.04 Å². The van der Waals surface area contributed by atoms with Crippen LogP contribution in [0.5, 0.6) is 0 Å². The number of amides is 1. The lowest BCUT2D eigenvalue weighted by Gasteiger charge is -2.32. The van der Waals surface area contributed by atoms with Gasteiger partial charge in [-0.15, -0.1) is 24.0 Å². The summed E-state index contributed by atoms with van der Waals surface area (Å²) in [5.74, 6) is 2.42. The summed E-state index contributed by atoms with van der Waals surface area (Å²) < 4.78 is 5.40. The molecule has 2 fully saturated rings. The number of nitrogens with one attached hydrogen (secondary N) is 2. The minimum atomic E-state index is 0. The van der Waals surface area contributed by atoms with Crippen LogP contribution in [-0.4, -0.2) is 87.7 Å². The minimum Gasteiger partial charge on any atom is -0.379 e. The predicted octanol–water partition coefficient (Wildman–Crippen LogP) is 2.16. The minimum absolute atomic E-state index is 0. The fourth-order valence-electron chi connectivity index (χ4n) is 3.90. The van der Waals surface area contributed by atoms with Gasteiger partial charge in [-0.05, 0) is 50.5 Å². The zero-order chi connectivity index (χ0) is 20.4. The molecule has 0 aromatic carbocycles. The lowest BCUT2D eigenvalue weighted by Crippen LogP contribution is -2.46. The highest BCUT2D eigenvalue weighted by Gasteiger charge is 2.23. The van der Waals surface area contributed by atoms with E-state index in [-0.39, 0.29) is 36.4 Å². The van der Waals surface area contributed by atoms with Crippen LogP contribution in [0.4, 0.5) is 0 Å². The molecule has 2 rings (SSSR count). The molecule has 2 N–H and O–H groups in total. The van der Waals surface area contributed by atoms with E-state index < -0.39 is 0 Å². The second-order valence-corrected chi connectivity index (χ2v) is 8.69. The van der Waals surface area contributed by atoms with E-state index in [1.807, 2.05) is 0 Å². The van der Waals surface area contributed by atoms with Crippen molar-refractivity contribution in [2.24, 2.45) is 16.8 Å². The molecular formula is C21H42IN5O2. The Bertz CT molecular complexity index is 487. The Balaban J connectivity index is 0.00000420. The quantitative estimate of drug-likeness (QED) is 0.221. The zero-order valence-corrected chi connectivity index (χ0v) is 21.1. The molecule has 1 heterocycles. The van der Waals surface area contributed by atoms with Gasteiger partial charge in [0.25, 0.3) is 0 Å². The normalized spacial score (nSPS) is 23.4. The average molecular weight is 524 g/mol. The highest BCUT2D eigenvalue weighted by molar-refractivity contribution is 14.0. The van der Waals surface area contributed by atoms with Gasteiger partial charge in [-0.2, -0.15) is 0 Å². The number of morpholine rings is 1. The summed E-state index contributed by atoms with van der Waals surface area (Å²) in [6, 6.07) is 0.454. The van der Waals surface area contributed by atoms with Crippen LogP contribution in [0, 0.1) is 11.8 Å². The molecule has 0 aromatic rings. The number of ether oxygens (including phenoxy) is 1. The molecule has 1 amide bonds. The van der Waals surface area contributed by atoms with Crippen molar-refractivity contribution in [3.63, 3.8) is 0 Å². The highest BCUT2D eigenvalue weighted by atomic mass is 127. The summed E-state index contributed by atoms with van der Waals surface area (Å²) >= 11 is 0. The first-order chi connectivity index (χ1) is 13.5. The third kappa shape index (κ3) is 10.3. The summed E-state index contributed by atoms with van der Waals surface area (Å²) in [6.45, 7) is 10.5. The molecule has 1 saturated carbocycles. The number of carbonyl (C=O) groups excluding carboxylic acids is 1. The van der Waals surface area contributed by atoms with Gasteiger partial charge in [0.2, 0.25) is 5.91 Å². The van der Waals surface area contributed by atoms with Crippen LogP contribution in [0.15, 0.2) is 4.99 Å². The van der Waals surface area contributed by atoms with Crippen molar-refractivity contribution in [2.45, 2.75) is 52.0 Å². The van der Waals surface area contributed by atoms with Crippen LogP contribution < -0.4 is 10.6 Å². The largest absolute Gasteiger partial charge is 0.379 e. The van der Waals surface area contributed by atoms with Crippen LogP contribution >= 0.6 is 24.0 Å². The van der Waals surface area contributed by atoms with Crippen LogP contribution in [0.3, 0.4) is 0 Å². The number of guanidine groups is 1. The first kappa shape index (κ1) is 26.4. The molecule has 0 radical (unpaired) electrons. The van der Waals surface area contributed by atoms with Gasteiger partial charge in [0.05, 0.1) is 13.2 Å². The van der Waals surface area contributed by atoms with Crippen molar-refractivity contribution >= 4 is 35.8 Å². The molecule has 0 atom stereocenters. The lowest BCUT2D eigenvalue weighted by molar-refractivity contribution is -0.127. The van der Waals surface area contributed by atoms with Gasteiger partial charge in [-0.1, -0.05) is 13.8 Å². The van der Waals surface area contributed by atoms with Gasteiger partial charge in [-0.25, -0.2) is 4.99 Å². The second-order valence-electron chi connectivity index (χ2n) is 8.69. The average Bonchev–Trinajstić information content (AvgIpc) is 2.70. The summed E-state index contributed by atoms with van der Waals surface area (Å²) in [6.07, 6.45) is 5.97. The van der Waals surface area contributed by atoms with Crippen molar-refractivity contribution in [1.29, 1.82) is 0 Å². The first-order valence-electron chi connectivity index (χ1n) is 11.0. The van der Waals surface area contributed by atoms with Crippen molar-refractivity contribution in [2.75, 3.05) is 60.0 Å². The summed E-state index contributed by atoms with van der Waals surface area (Å²) in [5.41, 5.74) is 0. The standard InChI is InChI=1S/C21H41N5O2.HI/c1-17(2)18-6-8-19(9-7-18)24-21(23-16-20(27)25(3)4)22-10-5-11-26-12-14-28-15-13-26;/h17-19H,5-16H2,1-4H3,(H2,22,23,24);1H. The Morgan fingerprint density at radius 1 is 1.17 bits per heavy atom. The van der Waals surface area contributed by atoms with Crippen LogP contribution in [0.25, 0.3) is 0 Å². The van der Waals surface area contributed by atoms with Gasteiger partial charge in [0.15, 0.2) is 5.96 Å². The Hall–Kier alpha value is -0.610. The molecular weight excluding hydrogens is 481 g/mol. The molecule has 7 nitrogen and oxygen atoms in total. The van der Waals surface area contributed by atoms with Crippen LogP contribution in [0.2, 0.25) is 0 Å². The molecule has 0 unspecified atom stereocenters. The molecule has 170 valence electrons. The number of hydrogen-bond donors (Lipinski definition) is 2. The van der Waals surface area contributed by atoms with Gasteiger partial charge in [0.1, 0.15) is 6.54 Å². The molecule has 2 aliphatic rings. The summed E-state index contributed by atoms with van der Waals surface area (Å²) in [4.78, 5) is 20.5. The Labute approximate surface area is 194 Å². The smallest absolute Gasteiger partial charge is 0.243 e. The van der Waals surface area contributed by atoms with E-state index in [2.05, 4.69) is 34.4 Å². The van der Waals surface area contributed by atoms with E-state index in [0.717, 1.165) is 63.6 Å². The monoisotopic (exact) mass is 523 g/mol. The molecule has 1 aliphatic carbocycles. The fourth-order valence-corrected chi connectivity index (χ4v) is 3.90. The molecule has 1 saturated heterocycles. The Morgan fingerprint density at radius 3 is 2.41 bits per heavy atom. The molecule has 29 heavy (non-hydrogen) atoms. The number of rotatable bonds is 8. The van der Waals surface area contributed by atoms with E-state index in [1.165, 1.54) is 25.7 Å². The lowest BCUT2D eigenvalue weighted by atomic mass is 9.80. The predicted molar refractivity (Wildman–Crippen MR) is 130 cm³/mol. The van der Waals surface area contributed by atoms with E-state index in [1.54, 1.807) is 19.0 Å². The maximum absolute atomic E-state index is 11.9. The molecule has 8 heteroatoms. The number of hydrogen-bond acceptors (Lipinski definition) is 4. The topological polar surface area (TPSA) is 69.2 Å². The Kier molecular flexibility index (Phi) is 13.1. The van der Waals surface area contributed by atoms with E-state index >= 15 is 0 Å². The molecule has 0 spiro atoms. The fraction of sp³-hybridized carbons (Fsp3) is 0.905. The van der Waals surface area contributed by atoms with Gasteiger partial charge < -0.3 is 20.3 Å². The van der Waals surface area contributed by atoms with Gasteiger partial charge >= 0.3 is 0 Å². The first-order valence-corrected chi connectivity index (χ1v) is 11.0. The molecule has 0 aromatic heterocycles. The second kappa shape index (κ2) is 14.4. The van der Waals surface area contributed by atoms with E-state index in [4.69, 9.17) is 4.74 Å². The number of likely N-dealkylation sites (N-methyl/N-ethyl adjacent to an activating group) is 1. The van der Waals surface area contributed by atoms with Crippen molar-refractivity contribution in [3.8, 4) is 0 Å². The van der Waals surface area contributed by atoms with E-state index in [9.17, 15) is 4.79 Å². The van der Waals surface area contributed by atoms with Crippen molar-refractivity contribution in [3.05, 3.63) is 0 Å². The molecule has 0 bridgehead atoms. The van der Waals surface area contributed by atoms with Gasteiger partial charge in [0, 0.05) is 39.8 Å². The number of nitrogens with zero attached hydrogens (tertiary/aromatic N) is 3. The summed E-state index contributed by atoms with van der Waals surface area (Å²) in [7, 11) is 3.54. The zero-order valence-electron chi connectivity index (χ0n) is 18.8. The Morgan fingerprint density at radius 2 is 1.83 bits per heavy atom. The van der Waals surface area contributed by atoms with Crippen LogP contribution in [-0.2, 0) is 9.53 Å². The third-order valence-corrected chi connectivity index (χ3v) is 5.97. The third-order valence-electron chi connectivity index (χ3n) is 5.97. The number of aliphatic imine (C=N–C) groups is 1. The maximum Gasteiger partial charge on any atom is 0.243 e. The summed E-state index contributed by atoms with van der Waals surface area (Å²) in [5, 5.41) is 7.03. The highest BCUT2D eigenvalue weighted by Crippen LogP contribution is 2.29. The van der Waals surface area contributed by atoms with Crippen molar-refractivity contribution < 1.29 is 9.53 Å².